The third-order valence-electron chi connectivity index (χ3n) is 22.9. The van der Waals surface area contributed by atoms with E-state index in [9.17, 15) is 53.9 Å². The average Bonchev–Trinajstić information content (AvgIpc) is 1.77. The molecule has 1 aliphatic rings. The normalized spacial score (nSPS) is 12.8. The Hall–Kier alpha value is -14.2. The number of unbranched alkanes of at least 4 members (excludes halogenated alkanes) is 1. The van der Waals surface area contributed by atoms with Crippen LogP contribution in [0.1, 0.15) is 225 Å². The molecule has 14 aromatic rings. The maximum absolute atomic E-state index is 12.8. The molecule has 137 heavy (non-hydrogen) atoms. The summed E-state index contributed by atoms with van der Waals surface area (Å²) in [6, 6.07) is 75.8. The molecule has 1 aliphatic carbocycles. The van der Waals surface area contributed by atoms with Crippen LogP contribution in [0.5, 0.6) is 34.5 Å². The Balaban J connectivity index is 0.000000164. The van der Waals surface area contributed by atoms with Gasteiger partial charge in [0.25, 0.3) is 0 Å². The summed E-state index contributed by atoms with van der Waals surface area (Å²) in [4.78, 5) is 46.3. The molecule has 0 spiro atoms. The molecule has 0 radical (unpaired) electrons. The van der Waals surface area contributed by atoms with Crippen LogP contribution in [-0.2, 0) is 68.3 Å². The largest absolute Gasteiger partial charge is 0.573 e. The van der Waals surface area contributed by atoms with Crippen molar-refractivity contribution in [2.45, 2.75) is 201 Å². The van der Waals surface area contributed by atoms with Gasteiger partial charge in [-0.2, -0.15) is 0 Å². The van der Waals surface area contributed by atoms with Gasteiger partial charge in [0.2, 0.25) is 0 Å². The van der Waals surface area contributed by atoms with Crippen molar-refractivity contribution >= 4 is 38.5 Å². The maximum Gasteiger partial charge on any atom is 0.573 e. The number of carbonyl (C=O) groups is 4. The number of halogens is 6. The van der Waals surface area contributed by atoms with E-state index < -0.39 is 33.2 Å². The lowest BCUT2D eigenvalue weighted by molar-refractivity contribution is -0.276. The van der Waals surface area contributed by atoms with Gasteiger partial charge in [0.15, 0.2) is 9.84 Å². The number of ether oxygens (including phenoxy) is 6. The number of nitrogens with zero attached hydrogens (tertiary/aromatic N) is 4. The predicted molar refractivity (Wildman–Crippen MR) is 509 cm³/mol. The van der Waals surface area contributed by atoms with Crippen LogP contribution in [0.15, 0.2) is 297 Å². The summed E-state index contributed by atoms with van der Waals surface area (Å²) in [5.41, 5.74) is 21.4. The number of aryl methyl sites for hydroxylation is 3. The average molecular weight is 1890 g/mol. The van der Waals surface area contributed by atoms with Crippen LogP contribution in [-0.4, -0.2) is 71.2 Å². The Morgan fingerprint density at radius 1 is 0.394 bits per heavy atom. The van der Waals surface area contributed by atoms with E-state index >= 15 is 0 Å². The van der Waals surface area contributed by atoms with Gasteiger partial charge in [-0.05, 0) is 266 Å². The van der Waals surface area contributed by atoms with Crippen molar-refractivity contribution in [3.05, 3.63) is 369 Å². The van der Waals surface area contributed by atoms with Gasteiger partial charge in [0.05, 0.1) is 22.8 Å². The summed E-state index contributed by atoms with van der Waals surface area (Å²) in [5.74, 6) is 1.80. The fraction of sp³-hybridized carbons (Fsp3) is 0.291. The minimum absolute atomic E-state index is 0.0112. The molecule has 0 fully saturated rings. The van der Waals surface area contributed by atoms with Gasteiger partial charge in [-0.15, -0.1) is 26.3 Å². The summed E-state index contributed by atoms with van der Waals surface area (Å²) in [6.45, 7) is 18.3. The van der Waals surface area contributed by atoms with E-state index in [0.717, 1.165) is 111 Å². The van der Waals surface area contributed by atoms with E-state index in [4.69, 9.17) is 37.0 Å². The van der Waals surface area contributed by atoms with Crippen molar-refractivity contribution in [1.82, 2.24) is 20.6 Å². The third-order valence-corrected chi connectivity index (χ3v) is 24.0. The summed E-state index contributed by atoms with van der Waals surface area (Å²) in [7, 11) is -3.98. The molecule has 15 rings (SSSR count). The van der Waals surface area contributed by atoms with Crippen LogP contribution in [0, 0.1) is 19.8 Å². The molecule has 4 atom stereocenters. The molecule has 27 heteroatoms. The van der Waals surface area contributed by atoms with Crippen LogP contribution in [0.4, 0.5) is 26.3 Å². The van der Waals surface area contributed by atoms with Crippen molar-refractivity contribution in [2.75, 3.05) is 6.26 Å². The Kier molecular flexibility index (Phi) is 35.9. The smallest absolute Gasteiger partial charge is 0.489 e. The minimum atomic E-state index is -5.02. The SMILES string of the molecule is CC(=O)C[C@@H](c1ccc(OCc2ccc(C)c(-c3ccc(CC(C)C)cc3)c2)cc1)c1ccon1.CC(=O)C[C@@H](c1ccc(OCc2ccc(OC(F)(F)F)c(C3=CCCC3)c2)cc1)c1ccon1.CC(=O)C[C@@H](c1ccc(OCc2ccc(OC(F)(F)F)c(S(C)(=O)=O)c2)cc1)c1ccon1.CCCCc1ccc(-c2cc(COc3ccc([C@H](CC(C)=O)c4ccon4)cc3)ccc2C)cc1. The highest BCUT2D eigenvalue weighted by Crippen LogP contribution is 2.41. The molecular formula is C110H110F6N4O16S. The fourth-order valence-corrected chi connectivity index (χ4v) is 16.9. The van der Waals surface area contributed by atoms with Crippen LogP contribution < -0.4 is 28.4 Å². The Morgan fingerprint density at radius 3 is 1.01 bits per heavy atom. The van der Waals surface area contributed by atoms with E-state index in [1.54, 1.807) is 74.5 Å². The fourth-order valence-electron chi connectivity index (χ4n) is 16.0. The minimum Gasteiger partial charge on any atom is -0.489 e. The molecule has 0 amide bonds. The summed E-state index contributed by atoms with van der Waals surface area (Å²) >= 11 is 0. The highest BCUT2D eigenvalue weighted by molar-refractivity contribution is 7.90. The van der Waals surface area contributed by atoms with Crippen molar-refractivity contribution in [2.24, 2.45) is 5.92 Å². The molecule has 714 valence electrons. The zero-order chi connectivity index (χ0) is 97.8. The third kappa shape index (κ3) is 31.2. The van der Waals surface area contributed by atoms with E-state index in [2.05, 4.69) is 150 Å². The molecule has 0 saturated heterocycles. The number of allylic oxidation sites excluding steroid dienone is 2. The van der Waals surface area contributed by atoms with Gasteiger partial charge >= 0.3 is 12.7 Å². The standard InChI is InChI=1S/2C31H33NO3.C26H24F3NO4.C22H20F3NO6S/c1-21(2)17-24-7-9-26(10-8-24)29-19-25(6-5-22(29)3)20-34-28-13-11-27(12-14-28)30(18-23(4)33)31-15-16-35-32-31;1-4-5-6-24-9-11-26(12-10-24)29-20-25(8-7-22(29)2)21-34-28-15-13-27(14-16-28)30(19-23(3)33)31-17-18-35-32-31;1-17(31)14-22(24-12-13-33-30-24)20-7-9-21(10-8-20)32-16-18-6-11-25(34-26(27,28)29)23(15-18)19-4-2-3-5-19;1-14(27)11-18(19-9-10-31-26-19)16-4-6-17(7-5-16)30-13-15-3-8-20(32-22(23,24)25)21(12-15)33(2,28)29/h5-16,19,21,30H,17-18,20H2,1-4H3;7-18,20,30H,4-6,19,21H2,1-3H3;4,6-13,15,22H,2-3,5,14,16H2,1H3;3-10,12,18H,11,13H2,1-2H3/t2*30-;22-;18-/m0000/s1. The van der Waals surface area contributed by atoms with E-state index in [0.29, 0.717) is 78.8 Å². The molecule has 0 bridgehead atoms. The van der Waals surface area contributed by atoms with Crippen LogP contribution >= 0.6 is 0 Å². The molecule has 0 aliphatic heterocycles. The molecule has 0 N–H and O–H groups in total. The molecule has 10 aromatic carbocycles. The monoisotopic (exact) mass is 1890 g/mol. The summed E-state index contributed by atoms with van der Waals surface area (Å²) in [5, 5.41) is 16.0. The molecule has 4 heterocycles. The van der Waals surface area contributed by atoms with Crippen LogP contribution in [0.25, 0.3) is 27.8 Å². The second-order valence-electron chi connectivity index (χ2n) is 34.5. The number of ketones is 4. The van der Waals surface area contributed by atoms with Crippen molar-refractivity contribution in [1.29, 1.82) is 0 Å². The van der Waals surface area contributed by atoms with Gasteiger partial charge < -0.3 is 46.5 Å². The zero-order valence-corrected chi connectivity index (χ0v) is 78.8. The van der Waals surface area contributed by atoms with Gasteiger partial charge in [-0.25, -0.2) is 8.42 Å². The summed E-state index contributed by atoms with van der Waals surface area (Å²) < 4.78 is 152. The van der Waals surface area contributed by atoms with Crippen molar-refractivity contribution in [3.8, 4) is 56.8 Å². The topological polar surface area (TPSA) is 262 Å². The second-order valence-corrected chi connectivity index (χ2v) is 36.4. The first-order valence-corrected chi connectivity index (χ1v) is 47.1. The molecule has 4 aromatic heterocycles. The number of benzene rings is 10. The van der Waals surface area contributed by atoms with Gasteiger partial charge in [0, 0.05) is 85.4 Å². The lowest BCUT2D eigenvalue weighted by Gasteiger charge is -2.16. The van der Waals surface area contributed by atoms with E-state index in [1.165, 1.54) is 108 Å². The number of rotatable bonds is 39. The van der Waals surface area contributed by atoms with E-state index in [-0.39, 0.29) is 72.2 Å². The quantitative estimate of drug-likeness (QED) is 0.0324. The number of alkyl halides is 6. The first kappa shape index (κ1) is 102. The van der Waals surface area contributed by atoms with Crippen LogP contribution in [0.2, 0.25) is 0 Å². The lowest BCUT2D eigenvalue weighted by atomic mass is 9.91. The lowest BCUT2D eigenvalue weighted by Crippen LogP contribution is -2.19. The van der Waals surface area contributed by atoms with Gasteiger partial charge in [0.1, 0.15) is 114 Å². The number of Topliss-reactive ketones (excluding diaryl/α,β-unsaturated/α-hetero) is 4. The molecule has 0 unspecified atom stereocenters. The highest BCUT2D eigenvalue weighted by Gasteiger charge is 2.35. The number of aromatic nitrogens is 4. The first-order chi connectivity index (χ1) is 65.6. The zero-order valence-electron chi connectivity index (χ0n) is 78.0. The van der Waals surface area contributed by atoms with Crippen LogP contribution in [0.3, 0.4) is 0 Å². The summed E-state index contributed by atoms with van der Waals surface area (Å²) in [6.07, 6.45) is 7.41. The van der Waals surface area contributed by atoms with Gasteiger partial charge in [-0.3, -0.25) is 19.2 Å². The second kappa shape index (κ2) is 48.3. The maximum atomic E-state index is 12.8. The van der Waals surface area contributed by atoms with E-state index in [1.807, 2.05) is 78.9 Å². The molecular weight excluding hydrogens is 1780 g/mol. The Labute approximate surface area is 793 Å². The number of sulfone groups is 1. The van der Waals surface area contributed by atoms with Gasteiger partial charge in [-0.1, -0.05) is 187 Å². The van der Waals surface area contributed by atoms with Crippen molar-refractivity contribution < 1.29 is 100 Å². The highest BCUT2D eigenvalue weighted by atomic mass is 32.2. The van der Waals surface area contributed by atoms with Crippen molar-refractivity contribution in [3.63, 3.8) is 0 Å². The number of hydrogen-bond donors (Lipinski definition) is 0. The molecule has 0 saturated carbocycles. The Bertz CT molecular complexity index is 6390. The number of hydrogen-bond acceptors (Lipinski definition) is 20. The first-order valence-electron chi connectivity index (χ1n) is 45.2. The number of carbonyl (C=O) groups excluding carboxylic acids is 4. The molecule has 20 nitrogen and oxygen atoms in total. The predicted octanol–water partition coefficient (Wildman–Crippen LogP) is 26.7. The Morgan fingerprint density at radius 2 is 0.708 bits per heavy atom.